The number of carbonyl (C=O) groups excluding carboxylic acids is 4. The Balaban J connectivity index is 1.38. The average molecular weight is 442 g/mol. The molecule has 0 spiro atoms. The number of fused-ring (bicyclic) bond motifs is 1. The third-order valence-corrected chi connectivity index (χ3v) is 5.21. The summed E-state index contributed by atoms with van der Waals surface area (Å²) >= 11 is 0. The van der Waals surface area contributed by atoms with Crippen molar-refractivity contribution in [2.75, 3.05) is 25.1 Å². The Morgan fingerprint density at radius 3 is 2.53 bits per heavy atom. The summed E-state index contributed by atoms with van der Waals surface area (Å²) in [5.74, 6) is 0.671. The van der Waals surface area contributed by atoms with Crippen LogP contribution in [0.1, 0.15) is 24.0 Å². The highest BCUT2D eigenvalue weighted by Crippen LogP contribution is 2.33. The molecule has 11 heteroatoms. The molecule has 0 radical (unpaired) electrons. The zero-order valence-corrected chi connectivity index (χ0v) is 17.7. The number of nitrogens with zero attached hydrogens (tertiary/aromatic N) is 1. The lowest BCUT2D eigenvalue weighted by Crippen LogP contribution is -2.45. The van der Waals surface area contributed by atoms with Gasteiger partial charge in [0.25, 0.3) is 5.91 Å². The van der Waals surface area contributed by atoms with Gasteiger partial charge in [-0.25, -0.2) is 9.59 Å². The van der Waals surface area contributed by atoms with Gasteiger partial charge in [0.2, 0.25) is 5.91 Å². The van der Waals surface area contributed by atoms with Crippen molar-refractivity contribution in [2.45, 2.75) is 26.3 Å². The second kappa shape index (κ2) is 7.91. The van der Waals surface area contributed by atoms with Crippen LogP contribution in [-0.2, 0) is 15.1 Å². The predicted octanol–water partition coefficient (Wildman–Crippen LogP) is 1.78. The van der Waals surface area contributed by atoms with E-state index in [-0.39, 0.29) is 0 Å². The number of amides is 6. The van der Waals surface area contributed by atoms with Crippen molar-refractivity contribution in [3.63, 3.8) is 0 Å². The van der Waals surface area contributed by atoms with Gasteiger partial charge in [-0.05, 0) is 39.0 Å². The monoisotopic (exact) mass is 442 g/mol. The quantitative estimate of drug-likeness (QED) is 0.614. The van der Waals surface area contributed by atoms with Crippen LogP contribution in [0, 0.1) is 13.8 Å². The molecule has 1 fully saturated rings. The minimum absolute atomic E-state index is 0.382. The number of anilines is 1. The van der Waals surface area contributed by atoms with E-state index in [9.17, 15) is 19.2 Å². The van der Waals surface area contributed by atoms with Gasteiger partial charge < -0.3 is 24.5 Å². The van der Waals surface area contributed by atoms with Crippen molar-refractivity contribution in [3.8, 4) is 11.5 Å². The van der Waals surface area contributed by atoms with E-state index in [1.54, 1.807) is 38.1 Å². The van der Waals surface area contributed by atoms with Crippen LogP contribution >= 0.6 is 0 Å². The molecule has 2 aliphatic rings. The van der Waals surface area contributed by atoms with Crippen LogP contribution in [0.5, 0.6) is 11.5 Å². The summed E-state index contributed by atoms with van der Waals surface area (Å²) < 4.78 is 16.3. The lowest BCUT2D eigenvalue weighted by atomic mass is 9.92. The van der Waals surface area contributed by atoms with E-state index < -0.39 is 36.0 Å². The molecule has 0 aliphatic carbocycles. The molecule has 2 aliphatic heterocycles. The number of ether oxygens (including phenoxy) is 2. The van der Waals surface area contributed by atoms with Crippen molar-refractivity contribution in [1.29, 1.82) is 0 Å². The predicted molar refractivity (Wildman–Crippen MR) is 110 cm³/mol. The van der Waals surface area contributed by atoms with Crippen LogP contribution in [0.25, 0.3) is 0 Å². The van der Waals surface area contributed by atoms with Crippen LogP contribution in [0.4, 0.5) is 15.3 Å². The Labute approximate surface area is 183 Å². The summed E-state index contributed by atoms with van der Waals surface area (Å²) in [6.07, 6.45) is 0. The molecule has 0 saturated carbocycles. The molecular weight excluding hydrogens is 420 g/mol. The van der Waals surface area contributed by atoms with E-state index in [4.69, 9.17) is 13.9 Å². The topological polar surface area (TPSA) is 139 Å². The fourth-order valence-electron chi connectivity index (χ4n) is 3.74. The summed E-state index contributed by atoms with van der Waals surface area (Å²) in [7, 11) is 0. The molecule has 3 heterocycles. The Morgan fingerprint density at radius 2 is 1.84 bits per heavy atom. The summed E-state index contributed by atoms with van der Waals surface area (Å²) in [4.78, 5) is 50.6. The van der Waals surface area contributed by atoms with Gasteiger partial charge in [-0.1, -0.05) is 0 Å². The molecule has 2 aromatic rings. The fourth-order valence-corrected chi connectivity index (χ4v) is 3.74. The maximum absolute atomic E-state index is 12.9. The van der Waals surface area contributed by atoms with Crippen LogP contribution in [0.3, 0.4) is 0 Å². The Kier molecular flexibility index (Phi) is 5.25. The third kappa shape index (κ3) is 3.84. The number of nitrogens with one attached hydrogen (secondary N) is 3. The fraction of sp³-hybridized carbons (Fsp3) is 0.333. The number of hydrogen-bond donors (Lipinski definition) is 3. The lowest BCUT2D eigenvalue weighted by Gasteiger charge is -2.21. The molecule has 168 valence electrons. The Morgan fingerprint density at radius 1 is 1.12 bits per heavy atom. The summed E-state index contributed by atoms with van der Waals surface area (Å²) in [5.41, 5.74) is -0.479. The molecule has 32 heavy (non-hydrogen) atoms. The molecule has 6 amide bonds. The highest BCUT2D eigenvalue weighted by Gasteiger charge is 2.51. The van der Waals surface area contributed by atoms with Crippen LogP contribution in [-0.4, -0.2) is 48.5 Å². The molecule has 1 atom stereocenters. The standard InChI is InChI=1S/C21H22N4O7/c1-11-8-14(12(2)32-11)21(3)18(27)25(20(29)24-21)10-17(26)23-19(28)22-13-4-5-15-16(9-13)31-7-6-30-15/h4-5,8-9H,6-7,10H2,1-3H3,(H,24,29)(H2,22,23,26,28). The highest BCUT2D eigenvalue weighted by molar-refractivity contribution is 6.10. The van der Waals surface area contributed by atoms with Crippen LogP contribution in [0.2, 0.25) is 0 Å². The van der Waals surface area contributed by atoms with Gasteiger partial charge >= 0.3 is 12.1 Å². The van der Waals surface area contributed by atoms with E-state index in [0.29, 0.717) is 47.5 Å². The van der Waals surface area contributed by atoms with E-state index in [1.807, 2.05) is 0 Å². The third-order valence-electron chi connectivity index (χ3n) is 5.21. The average Bonchev–Trinajstić information content (AvgIpc) is 3.19. The number of aryl methyl sites for hydroxylation is 2. The number of benzene rings is 1. The van der Waals surface area contributed by atoms with Gasteiger partial charge in [-0.3, -0.25) is 19.8 Å². The first-order chi connectivity index (χ1) is 15.2. The second-order valence-corrected chi connectivity index (χ2v) is 7.63. The van der Waals surface area contributed by atoms with Gasteiger partial charge in [-0.15, -0.1) is 0 Å². The number of imide groups is 2. The van der Waals surface area contributed by atoms with Crippen molar-refractivity contribution in [2.24, 2.45) is 0 Å². The number of urea groups is 2. The normalized spacial score (nSPS) is 19.5. The molecule has 1 saturated heterocycles. The molecule has 1 unspecified atom stereocenters. The zero-order chi connectivity index (χ0) is 23.0. The lowest BCUT2D eigenvalue weighted by molar-refractivity contribution is -0.134. The molecule has 3 N–H and O–H groups in total. The van der Waals surface area contributed by atoms with Gasteiger partial charge in [0.15, 0.2) is 11.5 Å². The van der Waals surface area contributed by atoms with E-state index in [2.05, 4.69) is 16.0 Å². The maximum atomic E-state index is 12.9. The van der Waals surface area contributed by atoms with Crippen LogP contribution < -0.4 is 25.4 Å². The van der Waals surface area contributed by atoms with Gasteiger partial charge in [0.1, 0.15) is 36.8 Å². The summed E-state index contributed by atoms with van der Waals surface area (Å²) in [6.45, 7) is 5.17. The highest BCUT2D eigenvalue weighted by atomic mass is 16.6. The number of furan rings is 1. The first-order valence-corrected chi connectivity index (χ1v) is 9.89. The van der Waals surface area contributed by atoms with Gasteiger partial charge in [0, 0.05) is 17.3 Å². The number of hydrogen-bond acceptors (Lipinski definition) is 7. The molecule has 11 nitrogen and oxygen atoms in total. The molecule has 1 aromatic carbocycles. The van der Waals surface area contributed by atoms with Crippen molar-refractivity contribution in [3.05, 3.63) is 41.3 Å². The largest absolute Gasteiger partial charge is 0.486 e. The van der Waals surface area contributed by atoms with E-state index in [1.165, 1.54) is 6.92 Å². The zero-order valence-electron chi connectivity index (χ0n) is 17.7. The first-order valence-electron chi connectivity index (χ1n) is 9.89. The summed E-state index contributed by atoms with van der Waals surface area (Å²) in [6, 6.07) is 4.91. The molecule has 0 bridgehead atoms. The van der Waals surface area contributed by atoms with E-state index >= 15 is 0 Å². The van der Waals surface area contributed by atoms with Crippen molar-refractivity contribution in [1.82, 2.24) is 15.5 Å². The van der Waals surface area contributed by atoms with Gasteiger partial charge in [0.05, 0.1) is 0 Å². The van der Waals surface area contributed by atoms with Gasteiger partial charge in [-0.2, -0.15) is 0 Å². The minimum atomic E-state index is -1.37. The molecule has 1 aromatic heterocycles. The summed E-state index contributed by atoms with van der Waals surface area (Å²) in [5, 5.41) is 7.20. The van der Waals surface area contributed by atoms with Crippen LogP contribution in [0.15, 0.2) is 28.7 Å². The second-order valence-electron chi connectivity index (χ2n) is 7.63. The minimum Gasteiger partial charge on any atom is -0.486 e. The Hall–Kier alpha value is -4.02. The molecular formula is C21H22N4O7. The number of carbonyl (C=O) groups is 4. The van der Waals surface area contributed by atoms with E-state index in [0.717, 1.165) is 4.90 Å². The SMILES string of the molecule is Cc1cc(C2(C)NC(=O)N(CC(=O)NC(=O)Nc3ccc4c(c3)OCCO4)C2=O)c(C)o1. The smallest absolute Gasteiger partial charge is 0.325 e. The van der Waals surface area contributed by atoms with Crippen molar-refractivity contribution >= 4 is 29.6 Å². The number of rotatable bonds is 4. The van der Waals surface area contributed by atoms with Crippen molar-refractivity contribution < 1.29 is 33.1 Å². The molecule has 4 rings (SSSR count). The first kappa shape index (κ1) is 21.2. The Bertz CT molecular complexity index is 1130. The maximum Gasteiger partial charge on any atom is 0.325 e.